The minimum atomic E-state index is -0.229. The van der Waals surface area contributed by atoms with Gasteiger partial charge < -0.3 is 14.9 Å². The summed E-state index contributed by atoms with van der Waals surface area (Å²) in [5.41, 5.74) is 2.25. The van der Waals surface area contributed by atoms with Crippen LogP contribution in [0.4, 0.5) is 0 Å². The molecule has 0 spiro atoms. The summed E-state index contributed by atoms with van der Waals surface area (Å²) in [7, 11) is 0. The first-order valence-electron chi connectivity index (χ1n) is 10.9. The molecule has 5 heteroatoms. The molecule has 1 N–H and O–H groups in total. The molecule has 0 unspecified atom stereocenters. The maximum absolute atomic E-state index is 12.9. The molecule has 1 saturated heterocycles. The van der Waals surface area contributed by atoms with Crippen molar-refractivity contribution < 1.29 is 14.7 Å². The number of carbonyl (C=O) groups excluding carboxylic acids is 2. The number of aliphatic hydroxyl groups excluding tert-OH is 1. The van der Waals surface area contributed by atoms with Gasteiger partial charge in [-0.25, -0.2) is 0 Å². The van der Waals surface area contributed by atoms with Crippen molar-refractivity contribution in [3.05, 3.63) is 41.5 Å². The largest absolute Gasteiger partial charge is 0.394 e. The lowest BCUT2D eigenvalue weighted by Crippen LogP contribution is -2.68. The monoisotopic (exact) mass is 398 g/mol. The Hall–Kier alpha value is -2.14. The van der Waals surface area contributed by atoms with E-state index in [0.717, 1.165) is 36.8 Å². The van der Waals surface area contributed by atoms with Gasteiger partial charge in [-0.05, 0) is 37.3 Å². The van der Waals surface area contributed by atoms with Crippen molar-refractivity contribution in [2.24, 2.45) is 5.92 Å². The van der Waals surface area contributed by atoms with Crippen molar-refractivity contribution in [1.29, 1.82) is 0 Å². The van der Waals surface area contributed by atoms with E-state index >= 15 is 0 Å². The van der Waals surface area contributed by atoms with Crippen molar-refractivity contribution in [2.45, 2.75) is 64.5 Å². The summed E-state index contributed by atoms with van der Waals surface area (Å²) >= 11 is 0. The third-order valence-corrected chi connectivity index (χ3v) is 6.44. The van der Waals surface area contributed by atoms with Crippen molar-refractivity contribution in [1.82, 2.24) is 9.80 Å². The molecule has 0 aromatic heterocycles. The number of carbonyl (C=O) groups is 2. The highest BCUT2D eigenvalue weighted by atomic mass is 16.3. The Bertz CT molecular complexity index is 739. The maximum Gasteiger partial charge on any atom is 0.225 e. The predicted molar refractivity (Wildman–Crippen MR) is 115 cm³/mol. The zero-order valence-corrected chi connectivity index (χ0v) is 17.9. The van der Waals surface area contributed by atoms with Gasteiger partial charge >= 0.3 is 0 Å². The third kappa shape index (κ3) is 4.40. The molecular weight excluding hydrogens is 364 g/mol. The summed E-state index contributed by atoms with van der Waals surface area (Å²) in [5.74, 6) is 0.385. The number of rotatable bonds is 8. The van der Waals surface area contributed by atoms with Gasteiger partial charge in [0.25, 0.3) is 0 Å². The molecule has 1 aromatic carbocycles. The quantitative estimate of drug-likeness (QED) is 0.730. The second-order valence-electron chi connectivity index (χ2n) is 8.35. The summed E-state index contributed by atoms with van der Waals surface area (Å²) in [6, 6.07) is 8.00. The predicted octanol–water partition coefficient (Wildman–Crippen LogP) is 3.43. The molecule has 1 aromatic rings. The first kappa shape index (κ1) is 21.6. The van der Waals surface area contributed by atoms with Gasteiger partial charge in [0.05, 0.1) is 18.7 Å². The molecule has 2 fully saturated rings. The second kappa shape index (κ2) is 9.57. The standard InChI is InChI=1S/C24H34N2O3/c1-4-7-18-10-12-19(13-11-18)23-21(26(17(3)28)22(23)16-27)15-25(14-5-2)24(29)20-8-6-9-20/h4,7,10-13,20-23,27H,5-6,8-9,14-16H2,1-3H3/b7-4+/t21-,22-,23-/m1/s1. The molecule has 1 saturated carbocycles. The summed E-state index contributed by atoms with van der Waals surface area (Å²) in [6.07, 6.45) is 8.05. The van der Waals surface area contributed by atoms with E-state index in [0.29, 0.717) is 13.1 Å². The molecule has 5 nitrogen and oxygen atoms in total. The minimum Gasteiger partial charge on any atom is -0.394 e. The summed E-state index contributed by atoms with van der Waals surface area (Å²) in [6.45, 7) is 6.82. The van der Waals surface area contributed by atoms with Crippen LogP contribution >= 0.6 is 0 Å². The minimum absolute atomic E-state index is 0.0385. The number of allylic oxidation sites excluding steroid dienone is 1. The zero-order chi connectivity index (χ0) is 21.0. The van der Waals surface area contributed by atoms with E-state index in [1.165, 1.54) is 0 Å². The van der Waals surface area contributed by atoms with E-state index in [9.17, 15) is 14.7 Å². The van der Waals surface area contributed by atoms with Gasteiger partial charge in [-0.15, -0.1) is 0 Å². The van der Waals surface area contributed by atoms with E-state index in [2.05, 4.69) is 31.2 Å². The van der Waals surface area contributed by atoms with Crippen LogP contribution in [0.25, 0.3) is 6.08 Å². The fraction of sp³-hybridized carbons (Fsp3) is 0.583. The van der Waals surface area contributed by atoms with Gasteiger partial charge in [-0.3, -0.25) is 9.59 Å². The van der Waals surface area contributed by atoms with E-state index in [4.69, 9.17) is 0 Å². The number of benzene rings is 1. The Morgan fingerprint density at radius 1 is 1.21 bits per heavy atom. The van der Waals surface area contributed by atoms with Crippen LogP contribution < -0.4 is 0 Å². The normalized spacial score (nSPS) is 24.3. The van der Waals surface area contributed by atoms with Gasteiger partial charge in [0.1, 0.15) is 0 Å². The van der Waals surface area contributed by atoms with Gasteiger partial charge in [0, 0.05) is 31.8 Å². The summed E-state index contributed by atoms with van der Waals surface area (Å²) < 4.78 is 0. The first-order chi connectivity index (χ1) is 14.0. The summed E-state index contributed by atoms with van der Waals surface area (Å²) in [4.78, 5) is 29.0. The lowest BCUT2D eigenvalue weighted by molar-refractivity contribution is -0.154. The van der Waals surface area contributed by atoms with Gasteiger partial charge in [0.2, 0.25) is 11.8 Å². The van der Waals surface area contributed by atoms with Crippen molar-refractivity contribution in [2.75, 3.05) is 19.7 Å². The van der Waals surface area contributed by atoms with Crippen LogP contribution in [0.15, 0.2) is 30.3 Å². The molecule has 29 heavy (non-hydrogen) atoms. The molecule has 2 amide bonds. The molecule has 0 radical (unpaired) electrons. The molecule has 1 aliphatic heterocycles. The van der Waals surface area contributed by atoms with E-state index in [-0.39, 0.29) is 42.3 Å². The SMILES string of the molecule is C/C=C/c1ccc([C@H]2[C@@H](CO)N(C(C)=O)[C@@H]2CN(CCC)C(=O)C2CCC2)cc1. The number of amides is 2. The fourth-order valence-corrected chi connectivity index (χ4v) is 4.78. The average molecular weight is 399 g/mol. The van der Waals surface area contributed by atoms with Crippen LogP contribution in [0, 0.1) is 5.92 Å². The van der Waals surface area contributed by atoms with Crippen LogP contribution in [-0.2, 0) is 9.59 Å². The Balaban J connectivity index is 1.84. The Morgan fingerprint density at radius 3 is 2.38 bits per heavy atom. The van der Waals surface area contributed by atoms with E-state index < -0.39 is 0 Å². The van der Waals surface area contributed by atoms with Crippen LogP contribution in [0.2, 0.25) is 0 Å². The smallest absolute Gasteiger partial charge is 0.225 e. The third-order valence-electron chi connectivity index (χ3n) is 6.44. The van der Waals surface area contributed by atoms with E-state index in [1.54, 1.807) is 11.8 Å². The van der Waals surface area contributed by atoms with Crippen LogP contribution in [-0.4, -0.2) is 58.5 Å². The molecule has 3 atom stereocenters. The van der Waals surface area contributed by atoms with Crippen LogP contribution in [0.3, 0.4) is 0 Å². The second-order valence-corrected chi connectivity index (χ2v) is 8.35. The molecular formula is C24H34N2O3. The van der Waals surface area contributed by atoms with Crippen molar-refractivity contribution in [3.63, 3.8) is 0 Å². The van der Waals surface area contributed by atoms with Crippen molar-refractivity contribution >= 4 is 17.9 Å². The Kier molecular flexibility index (Phi) is 7.12. The van der Waals surface area contributed by atoms with Gasteiger partial charge in [-0.2, -0.15) is 0 Å². The molecule has 2 aliphatic rings. The Labute approximate surface area is 174 Å². The first-order valence-corrected chi connectivity index (χ1v) is 10.9. The number of hydrogen-bond donors (Lipinski definition) is 1. The topological polar surface area (TPSA) is 60.9 Å². The average Bonchev–Trinajstić information content (AvgIpc) is 2.63. The number of nitrogens with zero attached hydrogens (tertiary/aromatic N) is 2. The number of hydrogen-bond acceptors (Lipinski definition) is 3. The molecule has 158 valence electrons. The molecule has 3 rings (SSSR count). The maximum atomic E-state index is 12.9. The van der Waals surface area contributed by atoms with Gasteiger partial charge in [0.15, 0.2) is 0 Å². The Morgan fingerprint density at radius 2 is 1.90 bits per heavy atom. The highest BCUT2D eigenvalue weighted by molar-refractivity contribution is 5.80. The summed E-state index contributed by atoms with van der Waals surface area (Å²) in [5, 5.41) is 9.99. The highest BCUT2D eigenvalue weighted by Crippen LogP contribution is 2.41. The van der Waals surface area contributed by atoms with Crippen molar-refractivity contribution in [3.8, 4) is 0 Å². The fourth-order valence-electron chi connectivity index (χ4n) is 4.78. The molecule has 0 bridgehead atoms. The number of aliphatic hydroxyl groups is 1. The zero-order valence-electron chi connectivity index (χ0n) is 17.9. The van der Waals surface area contributed by atoms with Crippen LogP contribution in [0.5, 0.6) is 0 Å². The highest BCUT2D eigenvalue weighted by Gasteiger charge is 2.51. The lowest BCUT2D eigenvalue weighted by Gasteiger charge is -2.56. The lowest BCUT2D eigenvalue weighted by atomic mass is 9.74. The van der Waals surface area contributed by atoms with Crippen LogP contribution in [0.1, 0.15) is 63.5 Å². The molecule has 1 heterocycles. The van der Waals surface area contributed by atoms with Gasteiger partial charge in [-0.1, -0.05) is 49.8 Å². The van der Waals surface area contributed by atoms with E-state index in [1.807, 2.05) is 24.0 Å². The number of likely N-dealkylation sites (tertiary alicyclic amines) is 1. The molecule has 1 aliphatic carbocycles.